The zero-order valence-electron chi connectivity index (χ0n) is 10.5. The molecule has 2 nitrogen and oxygen atoms in total. The summed E-state index contributed by atoms with van der Waals surface area (Å²) < 4.78 is 1.10. The molecule has 0 fully saturated rings. The third-order valence-corrected chi connectivity index (χ3v) is 2.18. The van der Waals surface area contributed by atoms with Gasteiger partial charge in [-0.15, -0.1) is 0 Å². The number of hydrogen-bond acceptors (Lipinski definition) is 1. The van der Waals surface area contributed by atoms with Gasteiger partial charge in [0, 0.05) is 0 Å². The molecule has 0 aromatic rings. The van der Waals surface area contributed by atoms with Gasteiger partial charge in [0.1, 0.15) is 0 Å². The molecule has 0 bridgehead atoms. The average molecular weight is 314 g/mol. The quantitative estimate of drug-likeness (QED) is 0.325. The Morgan fingerprint density at radius 3 is 1.79 bits per heavy atom. The van der Waals surface area contributed by atoms with Crippen LogP contribution in [0.5, 0.6) is 0 Å². The maximum absolute atomic E-state index is 2.26. The maximum atomic E-state index is 2.26. The van der Waals surface area contributed by atoms with E-state index in [-0.39, 0.29) is 24.0 Å². The second kappa shape index (κ2) is 8.92. The third-order valence-electron chi connectivity index (χ3n) is 2.18. The van der Waals surface area contributed by atoms with Gasteiger partial charge in [-0.3, -0.25) is 0 Å². The van der Waals surface area contributed by atoms with Gasteiger partial charge >= 0.3 is 0 Å². The van der Waals surface area contributed by atoms with E-state index in [1.54, 1.807) is 0 Å². The number of unbranched alkanes of at least 4 members (excludes halogenated alkanes) is 3. The normalized spacial score (nSPS) is 11.6. The summed E-state index contributed by atoms with van der Waals surface area (Å²) in [5.41, 5.74) is 0. The fraction of sp³-hybridized carbons (Fsp3) is 1.00. The zero-order valence-corrected chi connectivity index (χ0v) is 12.7. The highest BCUT2D eigenvalue weighted by Crippen LogP contribution is 2.03. The third kappa shape index (κ3) is 15.1. The summed E-state index contributed by atoms with van der Waals surface area (Å²) in [5, 5.41) is 0. The van der Waals surface area contributed by atoms with E-state index in [9.17, 15) is 0 Å². The van der Waals surface area contributed by atoms with E-state index in [1.165, 1.54) is 38.8 Å². The van der Waals surface area contributed by atoms with Gasteiger partial charge in [-0.2, -0.15) is 0 Å². The van der Waals surface area contributed by atoms with Crippen LogP contribution in [0.15, 0.2) is 0 Å². The molecule has 0 heterocycles. The van der Waals surface area contributed by atoms with E-state index < -0.39 is 0 Å². The van der Waals surface area contributed by atoms with Crippen LogP contribution in [0.1, 0.15) is 25.7 Å². The Labute approximate surface area is 107 Å². The van der Waals surface area contributed by atoms with Crippen LogP contribution >= 0.6 is 0 Å². The number of hydrogen-bond donors (Lipinski definition) is 0. The van der Waals surface area contributed by atoms with Gasteiger partial charge in [-0.25, -0.2) is 0 Å². The Morgan fingerprint density at radius 1 is 0.857 bits per heavy atom. The monoisotopic (exact) mass is 314 g/mol. The molecule has 0 aliphatic heterocycles. The van der Waals surface area contributed by atoms with Crippen LogP contribution in [0, 0.1) is 0 Å². The predicted molar refractivity (Wildman–Crippen MR) is 59.9 cm³/mol. The molecular formula is C11H27IN2. The highest BCUT2D eigenvalue weighted by molar-refractivity contribution is 4.46. The standard InChI is InChI=1S/C11H27N2.HI/c1-12(2)10-8-6-7-9-11-13(3,4)5;/h6-11H2,1-5H3;1H/q+1;/p-1. The highest BCUT2D eigenvalue weighted by Gasteiger charge is 2.04. The van der Waals surface area contributed by atoms with Crippen molar-refractivity contribution < 1.29 is 28.5 Å². The molecule has 0 spiro atoms. The summed E-state index contributed by atoms with van der Waals surface area (Å²) in [6, 6.07) is 0. The molecule has 0 N–H and O–H groups in total. The van der Waals surface area contributed by atoms with Crippen LogP contribution in [0.4, 0.5) is 0 Å². The van der Waals surface area contributed by atoms with Crippen LogP contribution in [0.3, 0.4) is 0 Å². The average Bonchev–Trinajstić information content (AvgIpc) is 1.93. The first-order valence-corrected chi connectivity index (χ1v) is 5.37. The van der Waals surface area contributed by atoms with Crippen molar-refractivity contribution in [2.45, 2.75) is 25.7 Å². The van der Waals surface area contributed by atoms with E-state index in [4.69, 9.17) is 0 Å². The first-order chi connectivity index (χ1) is 5.92. The van der Waals surface area contributed by atoms with Gasteiger partial charge in [0.25, 0.3) is 0 Å². The van der Waals surface area contributed by atoms with Crippen molar-refractivity contribution in [3.05, 3.63) is 0 Å². The minimum atomic E-state index is 0. The van der Waals surface area contributed by atoms with E-state index in [1.807, 2.05) is 0 Å². The Balaban J connectivity index is 0. The van der Waals surface area contributed by atoms with Crippen molar-refractivity contribution in [1.29, 1.82) is 0 Å². The van der Waals surface area contributed by atoms with Gasteiger partial charge < -0.3 is 33.4 Å². The SMILES string of the molecule is CN(C)CCCCCC[N+](C)(C)C.[I-]. The molecule has 0 atom stereocenters. The van der Waals surface area contributed by atoms with Gasteiger partial charge in [0.2, 0.25) is 0 Å². The van der Waals surface area contributed by atoms with Crippen molar-refractivity contribution in [2.75, 3.05) is 48.3 Å². The van der Waals surface area contributed by atoms with Gasteiger partial charge in [-0.1, -0.05) is 6.42 Å². The Kier molecular flexibility index (Phi) is 10.9. The van der Waals surface area contributed by atoms with Crippen molar-refractivity contribution in [1.82, 2.24) is 4.90 Å². The summed E-state index contributed by atoms with van der Waals surface area (Å²) >= 11 is 0. The molecule has 0 aliphatic carbocycles. The fourth-order valence-corrected chi connectivity index (χ4v) is 1.37. The Hall–Kier alpha value is 0.650. The summed E-state index contributed by atoms with van der Waals surface area (Å²) in [4.78, 5) is 2.26. The van der Waals surface area contributed by atoms with Gasteiger partial charge in [0.15, 0.2) is 0 Å². The lowest BCUT2D eigenvalue weighted by atomic mass is 10.2. The summed E-state index contributed by atoms with van der Waals surface area (Å²) in [7, 11) is 11.1. The smallest absolute Gasteiger partial charge is 0.0780 e. The van der Waals surface area contributed by atoms with E-state index >= 15 is 0 Å². The van der Waals surface area contributed by atoms with Crippen molar-refractivity contribution in [3.8, 4) is 0 Å². The summed E-state index contributed by atoms with van der Waals surface area (Å²) in [5.74, 6) is 0. The fourth-order valence-electron chi connectivity index (χ4n) is 1.37. The van der Waals surface area contributed by atoms with Crippen LogP contribution < -0.4 is 24.0 Å². The summed E-state index contributed by atoms with van der Waals surface area (Å²) in [6.07, 6.45) is 5.50. The summed E-state index contributed by atoms with van der Waals surface area (Å²) in [6.45, 7) is 2.55. The first-order valence-electron chi connectivity index (χ1n) is 5.37. The van der Waals surface area contributed by atoms with Crippen LogP contribution in [-0.2, 0) is 0 Å². The molecule has 88 valence electrons. The molecule has 0 saturated heterocycles. The topological polar surface area (TPSA) is 3.24 Å². The van der Waals surface area contributed by atoms with Crippen LogP contribution in [-0.4, -0.2) is 57.7 Å². The number of nitrogens with zero attached hydrogens (tertiary/aromatic N) is 2. The van der Waals surface area contributed by atoms with E-state index in [0.29, 0.717) is 0 Å². The largest absolute Gasteiger partial charge is 1.00 e. The van der Waals surface area contributed by atoms with Gasteiger partial charge in [-0.05, 0) is 39.9 Å². The van der Waals surface area contributed by atoms with Crippen molar-refractivity contribution in [2.24, 2.45) is 0 Å². The zero-order chi connectivity index (χ0) is 10.3. The molecule has 0 unspecified atom stereocenters. The Morgan fingerprint density at radius 2 is 1.36 bits per heavy atom. The first kappa shape index (κ1) is 17.1. The Bertz CT molecular complexity index is 119. The molecule has 3 heteroatoms. The second-order valence-corrected chi connectivity index (χ2v) is 5.23. The minimum Gasteiger partial charge on any atom is -1.00 e. The van der Waals surface area contributed by atoms with Crippen molar-refractivity contribution in [3.63, 3.8) is 0 Å². The minimum absolute atomic E-state index is 0. The lowest BCUT2D eigenvalue weighted by molar-refractivity contribution is -0.870. The molecular weight excluding hydrogens is 287 g/mol. The lowest BCUT2D eigenvalue weighted by Gasteiger charge is -2.23. The van der Waals surface area contributed by atoms with Crippen molar-refractivity contribution >= 4 is 0 Å². The molecule has 0 aliphatic rings. The number of halogens is 1. The number of rotatable bonds is 7. The lowest BCUT2D eigenvalue weighted by Crippen LogP contribution is -3.00. The van der Waals surface area contributed by atoms with Crippen LogP contribution in [0.25, 0.3) is 0 Å². The molecule has 0 aromatic carbocycles. The highest BCUT2D eigenvalue weighted by atomic mass is 127. The second-order valence-electron chi connectivity index (χ2n) is 5.23. The maximum Gasteiger partial charge on any atom is 0.0780 e. The van der Waals surface area contributed by atoms with E-state index in [0.717, 1.165) is 4.48 Å². The molecule has 0 saturated carbocycles. The molecule has 14 heavy (non-hydrogen) atoms. The van der Waals surface area contributed by atoms with Crippen LogP contribution in [0.2, 0.25) is 0 Å². The van der Waals surface area contributed by atoms with Gasteiger partial charge in [0.05, 0.1) is 27.7 Å². The molecule has 0 amide bonds. The molecule has 0 radical (unpaired) electrons. The molecule has 0 rings (SSSR count). The van der Waals surface area contributed by atoms with E-state index in [2.05, 4.69) is 40.1 Å². The predicted octanol–water partition coefficient (Wildman–Crippen LogP) is -1.18. The molecule has 0 aromatic heterocycles. The number of quaternary nitrogens is 1.